The van der Waals surface area contributed by atoms with Crippen molar-refractivity contribution in [2.24, 2.45) is 0 Å². The van der Waals surface area contributed by atoms with Crippen LogP contribution in [0.25, 0.3) is 0 Å². The summed E-state index contributed by atoms with van der Waals surface area (Å²) in [5, 5.41) is 5.28. The molecule has 5 heteroatoms. The maximum atomic E-state index is 12.0. The second-order valence-electron chi connectivity index (χ2n) is 6.34. The number of carbonyl (C=O) groups is 2. The van der Waals surface area contributed by atoms with Gasteiger partial charge in [-0.15, -0.1) is 0 Å². The fourth-order valence-corrected chi connectivity index (χ4v) is 3.14. The highest BCUT2D eigenvalue weighted by atomic mass is 16.2. The molecule has 5 nitrogen and oxygen atoms in total. The number of hydrogen-bond donors (Lipinski definition) is 3. The molecule has 0 aliphatic heterocycles. The number of rotatable bonds is 4. The Labute approximate surface area is 132 Å². The van der Waals surface area contributed by atoms with E-state index in [1.165, 1.54) is 24.2 Å². The first-order chi connectivity index (χ1) is 10.5. The minimum Gasteiger partial charge on any atom is -0.333 e. The Hall–Kier alpha value is -1.88. The minimum absolute atomic E-state index is 0.0887. The molecule has 1 aliphatic rings. The maximum Gasteiger partial charge on any atom is 0.321 e. The summed E-state index contributed by atoms with van der Waals surface area (Å²) in [5.74, 6) is -0.368. The number of nitrogens with one attached hydrogen (secondary N) is 3. The summed E-state index contributed by atoms with van der Waals surface area (Å²) >= 11 is 0. The van der Waals surface area contributed by atoms with E-state index >= 15 is 0 Å². The molecule has 0 spiro atoms. The van der Waals surface area contributed by atoms with Crippen molar-refractivity contribution in [1.29, 1.82) is 0 Å². The number of quaternary nitrogens is 1. The first-order valence-corrected chi connectivity index (χ1v) is 7.98. The van der Waals surface area contributed by atoms with Crippen molar-refractivity contribution < 1.29 is 14.5 Å². The van der Waals surface area contributed by atoms with Gasteiger partial charge in [0.25, 0.3) is 5.91 Å². The Morgan fingerprint density at radius 3 is 2.32 bits per heavy atom. The predicted octanol–water partition coefficient (Wildman–Crippen LogP) is 0.973. The van der Waals surface area contributed by atoms with Gasteiger partial charge in [0.2, 0.25) is 0 Å². The fraction of sp³-hybridized carbons (Fsp3) is 0.529. The largest absolute Gasteiger partial charge is 0.333 e. The molecule has 3 N–H and O–H groups in total. The molecule has 0 bridgehead atoms. The molecule has 0 radical (unpaired) electrons. The Balaban J connectivity index is 1.87. The van der Waals surface area contributed by atoms with Gasteiger partial charge in [0.15, 0.2) is 0 Å². The average molecular weight is 304 g/mol. The first-order valence-electron chi connectivity index (χ1n) is 7.98. The molecule has 0 unspecified atom stereocenters. The highest BCUT2D eigenvalue weighted by Crippen LogP contribution is 2.24. The zero-order valence-electron chi connectivity index (χ0n) is 13.4. The number of hydrogen-bond acceptors (Lipinski definition) is 2. The van der Waals surface area contributed by atoms with Gasteiger partial charge in [-0.05, 0) is 25.0 Å². The molecule has 22 heavy (non-hydrogen) atoms. The summed E-state index contributed by atoms with van der Waals surface area (Å²) in [6.07, 6.45) is 5.91. The molecule has 0 saturated heterocycles. The van der Waals surface area contributed by atoms with Gasteiger partial charge < -0.3 is 10.2 Å². The van der Waals surface area contributed by atoms with E-state index in [1.807, 2.05) is 6.07 Å². The van der Waals surface area contributed by atoms with Crippen LogP contribution in [-0.2, 0) is 0 Å². The molecule has 3 amide bonds. The van der Waals surface area contributed by atoms with Crippen molar-refractivity contribution >= 4 is 11.9 Å². The molecule has 0 aromatic heterocycles. The summed E-state index contributed by atoms with van der Waals surface area (Å²) in [5.41, 5.74) is 0.578. The molecule has 0 heterocycles. The van der Waals surface area contributed by atoms with Gasteiger partial charge in [-0.1, -0.05) is 24.6 Å². The van der Waals surface area contributed by atoms with Gasteiger partial charge in [-0.25, -0.2) is 4.79 Å². The lowest BCUT2D eigenvalue weighted by atomic mass is 9.80. The second kappa shape index (κ2) is 7.40. The number of amides is 3. The monoisotopic (exact) mass is 304 g/mol. The quantitative estimate of drug-likeness (QED) is 0.776. The Kier molecular flexibility index (Phi) is 5.55. The Morgan fingerprint density at radius 1 is 1.09 bits per heavy atom. The third-order valence-corrected chi connectivity index (χ3v) is 4.72. The van der Waals surface area contributed by atoms with Crippen LogP contribution < -0.4 is 15.5 Å². The number of urea groups is 1. The van der Waals surface area contributed by atoms with Crippen LogP contribution in [0.15, 0.2) is 30.3 Å². The highest BCUT2D eigenvalue weighted by molar-refractivity contribution is 6.04. The number of likely N-dealkylation sites (N-methyl/N-ethyl adjacent to an activating group) is 1. The Morgan fingerprint density at radius 2 is 1.73 bits per heavy atom. The van der Waals surface area contributed by atoms with Crippen LogP contribution in [-0.4, -0.2) is 38.1 Å². The molecule has 1 aromatic carbocycles. The number of imide groups is 1. The fourth-order valence-electron chi connectivity index (χ4n) is 3.14. The van der Waals surface area contributed by atoms with E-state index in [-0.39, 0.29) is 11.4 Å². The molecule has 1 aliphatic carbocycles. The predicted molar refractivity (Wildman–Crippen MR) is 85.9 cm³/mol. The molecule has 1 fully saturated rings. The van der Waals surface area contributed by atoms with E-state index in [9.17, 15) is 9.59 Å². The van der Waals surface area contributed by atoms with Crippen LogP contribution in [0.4, 0.5) is 4.79 Å². The van der Waals surface area contributed by atoms with Crippen LogP contribution in [0, 0.1) is 0 Å². The molecular formula is C17H26N3O2+. The van der Waals surface area contributed by atoms with E-state index in [0.717, 1.165) is 12.8 Å². The summed E-state index contributed by atoms with van der Waals surface area (Å²) in [7, 11) is 4.28. The van der Waals surface area contributed by atoms with Crippen LogP contribution in [0.5, 0.6) is 0 Å². The van der Waals surface area contributed by atoms with E-state index in [2.05, 4.69) is 24.7 Å². The van der Waals surface area contributed by atoms with Gasteiger partial charge >= 0.3 is 6.03 Å². The molecule has 0 atom stereocenters. The van der Waals surface area contributed by atoms with Crippen molar-refractivity contribution in [3.05, 3.63) is 35.9 Å². The van der Waals surface area contributed by atoms with Crippen molar-refractivity contribution in [2.45, 2.75) is 37.6 Å². The third-order valence-electron chi connectivity index (χ3n) is 4.72. The molecule has 2 rings (SSSR count). The summed E-state index contributed by atoms with van der Waals surface area (Å²) < 4.78 is 0. The van der Waals surface area contributed by atoms with Crippen LogP contribution in [0.2, 0.25) is 0 Å². The molecule has 1 aromatic rings. The topological polar surface area (TPSA) is 62.6 Å². The zero-order valence-corrected chi connectivity index (χ0v) is 13.4. The van der Waals surface area contributed by atoms with E-state index in [1.54, 1.807) is 24.3 Å². The van der Waals surface area contributed by atoms with Gasteiger partial charge in [0, 0.05) is 18.4 Å². The number of carbonyl (C=O) groups excluding carboxylic acids is 2. The summed E-state index contributed by atoms with van der Waals surface area (Å²) in [6, 6.07) is 8.35. The van der Waals surface area contributed by atoms with Gasteiger partial charge in [-0.3, -0.25) is 10.1 Å². The van der Waals surface area contributed by atoms with Crippen LogP contribution in [0.3, 0.4) is 0 Å². The van der Waals surface area contributed by atoms with E-state index in [4.69, 9.17) is 0 Å². The molecule has 1 saturated carbocycles. The third kappa shape index (κ3) is 4.07. The average Bonchev–Trinajstić information content (AvgIpc) is 2.54. The maximum absolute atomic E-state index is 12.0. The van der Waals surface area contributed by atoms with Gasteiger partial charge in [-0.2, -0.15) is 0 Å². The summed E-state index contributed by atoms with van der Waals surface area (Å²) in [6.45, 7) is 0.600. The lowest BCUT2D eigenvalue weighted by molar-refractivity contribution is -0.916. The highest BCUT2D eigenvalue weighted by Gasteiger charge is 2.38. The smallest absolute Gasteiger partial charge is 0.321 e. The number of benzene rings is 1. The van der Waals surface area contributed by atoms with Crippen LogP contribution >= 0.6 is 0 Å². The van der Waals surface area contributed by atoms with E-state index < -0.39 is 6.03 Å². The van der Waals surface area contributed by atoms with Crippen molar-refractivity contribution in [3.63, 3.8) is 0 Å². The van der Waals surface area contributed by atoms with Crippen LogP contribution in [0.1, 0.15) is 42.5 Å². The van der Waals surface area contributed by atoms with E-state index in [0.29, 0.717) is 12.1 Å². The minimum atomic E-state index is -0.417. The SMILES string of the molecule is C[NH+](C)C1(CNC(=O)NC(=O)c2ccccc2)CCCCC1. The van der Waals surface area contributed by atoms with Crippen molar-refractivity contribution in [3.8, 4) is 0 Å². The molecule has 120 valence electrons. The zero-order chi connectivity index (χ0) is 16.0. The second-order valence-corrected chi connectivity index (χ2v) is 6.34. The van der Waals surface area contributed by atoms with Crippen molar-refractivity contribution in [2.75, 3.05) is 20.6 Å². The Bertz CT molecular complexity index is 508. The standard InChI is InChI=1S/C17H25N3O2/c1-20(2)17(11-7-4-8-12-17)13-18-16(22)19-15(21)14-9-5-3-6-10-14/h3,5-6,9-10H,4,7-8,11-13H2,1-2H3,(H2,18,19,21,22)/p+1. The lowest BCUT2D eigenvalue weighted by Crippen LogP contribution is -3.16. The normalized spacial score (nSPS) is 17.0. The van der Waals surface area contributed by atoms with Gasteiger partial charge in [0.1, 0.15) is 5.54 Å². The lowest BCUT2D eigenvalue weighted by Gasteiger charge is -2.39. The molecular weight excluding hydrogens is 278 g/mol. The van der Waals surface area contributed by atoms with Crippen molar-refractivity contribution in [1.82, 2.24) is 10.6 Å². The van der Waals surface area contributed by atoms with Gasteiger partial charge in [0.05, 0.1) is 20.6 Å². The summed E-state index contributed by atoms with van der Waals surface area (Å²) in [4.78, 5) is 25.3. The first kappa shape index (κ1) is 16.5.